The average Bonchev–Trinajstić information content (AvgIpc) is 2.26. The van der Waals surface area contributed by atoms with E-state index in [1.807, 2.05) is 0 Å². The molecule has 0 unspecified atom stereocenters. The minimum Gasteiger partial charge on any atom is -0.478 e. The van der Waals surface area contributed by atoms with Gasteiger partial charge in [-0.25, -0.2) is 4.79 Å². The Morgan fingerprint density at radius 2 is 2.19 bits per heavy atom. The van der Waals surface area contributed by atoms with Crippen molar-refractivity contribution >= 4 is 5.97 Å². The molecule has 0 amide bonds. The van der Waals surface area contributed by atoms with Gasteiger partial charge in [-0.1, -0.05) is 0 Å². The number of ether oxygens (including phenoxy) is 1. The highest BCUT2D eigenvalue weighted by Crippen LogP contribution is 1.98. The number of aryl methyl sites for hydroxylation is 1. The first kappa shape index (κ1) is 12.4. The molecule has 1 N–H and O–H groups in total. The lowest BCUT2D eigenvalue weighted by Crippen LogP contribution is -2.20. The minimum absolute atomic E-state index is 0.131. The van der Waals surface area contributed by atoms with E-state index in [9.17, 15) is 9.59 Å². The number of unbranched alkanes of at least 4 members (excludes halogenated alkanes) is 1. The summed E-state index contributed by atoms with van der Waals surface area (Å²) in [5, 5.41) is 8.77. The van der Waals surface area contributed by atoms with Crippen LogP contribution in [0.5, 0.6) is 0 Å². The topological polar surface area (TPSA) is 68.5 Å². The number of carboxylic acid groups (broad SMARTS) is 1. The number of methoxy groups -OCH3 is 1. The highest BCUT2D eigenvalue weighted by Gasteiger charge is 2.04. The van der Waals surface area contributed by atoms with Crippen LogP contribution in [-0.2, 0) is 11.3 Å². The van der Waals surface area contributed by atoms with Crippen LogP contribution in [0.3, 0.4) is 0 Å². The molecule has 1 aromatic heterocycles. The molecule has 0 bridgehead atoms. The van der Waals surface area contributed by atoms with Crippen LogP contribution in [0.15, 0.2) is 23.1 Å². The van der Waals surface area contributed by atoms with E-state index in [4.69, 9.17) is 9.84 Å². The fraction of sp³-hybridized carbons (Fsp3) is 0.455. The molecule has 0 atom stereocenters. The van der Waals surface area contributed by atoms with Gasteiger partial charge in [0.25, 0.3) is 5.56 Å². The lowest BCUT2D eigenvalue weighted by atomic mass is 10.2. The first-order valence-electron chi connectivity index (χ1n) is 5.08. The van der Waals surface area contributed by atoms with Crippen LogP contribution >= 0.6 is 0 Å². The smallest absolute Gasteiger partial charge is 0.337 e. The molecule has 1 rings (SSSR count). The Kier molecular flexibility index (Phi) is 4.72. The van der Waals surface area contributed by atoms with E-state index in [1.54, 1.807) is 7.11 Å². The molecule has 0 saturated heterocycles. The zero-order valence-electron chi connectivity index (χ0n) is 9.18. The molecule has 0 aliphatic heterocycles. The van der Waals surface area contributed by atoms with E-state index >= 15 is 0 Å². The van der Waals surface area contributed by atoms with Crippen molar-refractivity contribution in [1.82, 2.24) is 4.57 Å². The minimum atomic E-state index is -1.02. The van der Waals surface area contributed by atoms with Crippen molar-refractivity contribution in [2.24, 2.45) is 0 Å². The van der Waals surface area contributed by atoms with Crippen molar-refractivity contribution in [3.05, 3.63) is 34.2 Å². The molecule has 0 spiro atoms. The van der Waals surface area contributed by atoms with Crippen molar-refractivity contribution in [1.29, 1.82) is 0 Å². The Hall–Kier alpha value is -1.62. The van der Waals surface area contributed by atoms with Crippen molar-refractivity contribution in [3.8, 4) is 0 Å². The maximum Gasteiger partial charge on any atom is 0.337 e. The van der Waals surface area contributed by atoms with Gasteiger partial charge in [-0.05, 0) is 18.9 Å². The second-order valence-corrected chi connectivity index (χ2v) is 3.45. The molecule has 5 heteroatoms. The standard InChI is InChI=1S/C11H15NO4/c1-16-7-3-2-6-12-8-9(11(14)15)4-5-10(12)13/h4-5,8H,2-3,6-7H2,1H3,(H,14,15). The second kappa shape index (κ2) is 6.07. The monoisotopic (exact) mass is 225 g/mol. The Morgan fingerprint density at radius 3 is 2.81 bits per heavy atom. The number of hydrogen-bond acceptors (Lipinski definition) is 3. The molecule has 0 radical (unpaired) electrons. The number of carbonyl (C=O) groups is 1. The third-order valence-electron chi connectivity index (χ3n) is 2.23. The van der Waals surface area contributed by atoms with Gasteiger partial charge < -0.3 is 14.4 Å². The van der Waals surface area contributed by atoms with E-state index in [-0.39, 0.29) is 11.1 Å². The molecule has 0 aromatic carbocycles. The zero-order valence-corrected chi connectivity index (χ0v) is 9.18. The summed E-state index contributed by atoms with van der Waals surface area (Å²) in [4.78, 5) is 22.1. The van der Waals surface area contributed by atoms with E-state index in [1.165, 1.54) is 22.9 Å². The highest BCUT2D eigenvalue weighted by atomic mass is 16.5. The summed E-state index contributed by atoms with van der Waals surface area (Å²) in [6.07, 6.45) is 3.01. The largest absolute Gasteiger partial charge is 0.478 e. The fourth-order valence-corrected chi connectivity index (χ4v) is 1.36. The molecule has 0 fully saturated rings. The summed E-state index contributed by atoms with van der Waals surface area (Å²) >= 11 is 0. The van der Waals surface area contributed by atoms with E-state index in [2.05, 4.69) is 0 Å². The molecule has 1 aromatic rings. The van der Waals surface area contributed by atoms with Crippen LogP contribution in [-0.4, -0.2) is 29.4 Å². The zero-order chi connectivity index (χ0) is 12.0. The van der Waals surface area contributed by atoms with Gasteiger partial charge in [0.05, 0.1) is 5.56 Å². The summed E-state index contributed by atoms with van der Waals surface area (Å²) in [5.74, 6) is -1.02. The van der Waals surface area contributed by atoms with Crippen LogP contribution in [0.4, 0.5) is 0 Å². The Balaban J connectivity index is 2.67. The normalized spacial score (nSPS) is 10.3. The maximum absolute atomic E-state index is 11.4. The number of aromatic carboxylic acids is 1. The molecular formula is C11H15NO4. The van der Waals surface area contributed by atoms with Crippen LogP contribution in [0.1, 0.15) is 23.2 Å². The molecule has 5 nitrogen and oxygen atoms in total. The third-order valence-corrected chi connectivity index (χ3v) is 2.23. The lowest BCUT2D eigenvalue weighted by molar-refractivity contribution is 0.0695. The number of nitrogens with zero attached hydrogens (tertiary/aromatic N) is 1. The summed E-state index contributed by atoms with van der Waals surface area (Å²) in [7, 11) is 1.62. The van der Waals surface area contributed by atoms with Gasteiger partial charge in [0, 0.05) is 32.5 Å². The van der Waals surface area contributed by atoms with Gasteiger partial charge in [-0.3, -0.25) is 4.79 Å². The highest BCUT2D eigenvalue weighted by molar-refractivity contribution is 5.87. The Bertz CT molecular complexity index is 411. The lowest BCUT2D eigenvalue weighted by Gasteiger charge is -2.05. The van der Waals surface area contributed by atoms with Crippen LogP contribution < -0.4 is 5.56 Å². The number of aromatic nitrogens is 1. The third kappa shape index (κ3) is 3.51. The van der Waals surface area contributed by atoms with E-state index < -0.39 is 5.97 Å². The van der Waals surface area contributed by atoms with Crippen molar-refractivity contribution in [2.45, 2.75) is 19.4 Å². The number of carboxylic acids is 1. The quantitative estimate of drug-likeness (QED) is 0.732. The Labute approximate surface area is 93.3 Å². The fourth-order valence-electron chi connectivity index (χ4n) is 1.36. The summed E-state index contributed by atoms with van der Waals surface area (Å²) in [6.45, 7) is 1.16. The summed E-state index contributed by atoms with van der Waals surface area (Å²) in [6, 6.07) is 2.59. The van der Waals surface area contributed by atoms with E-state index in [0.29, 0.717) is 13.2 Å². The van der Waals surface area contributed by atoms with Gasteiger partial charge in [0.1, 0.15) is 0 Å². The van der Waals surface area contributed by atoms with Crippen molar-refractivity contribution in [2.75, 3.05) is 13.7 Å². The van der Waals surface area contributed by atoms with Crippen molar-refractivity contribution in [3.63, 3.8) is 0 Å². The Morgan fingerprint density at radius 1 is 1.44 bits per heavy atom. The average molecular weight is 225 g/mol. The molecule has 0 aliphatic carbocycles. The van der Waals surface area contributed by atoms with Gasteiger partial charge in [0.15, 0.2) is 0 Å². The van der Waals surface area contributed by atoms with Crippen molar-refractivity contribution < 1.29 is 14.6 Å². The predicted molar refractivity (Wildman–Crippen MR) is 58.8 cm³/mol. The van der Waals surface area contributed by atoms with E-state index in [0.717, 1.165) is 12.8 Å². The molecular weight excluding hydrogens is 210 g/mol. The first-order chi connectivity index (χ1) is 7.65. The molecule has 88 valence electrons. The van der Waals surface area contributed by atoms with Gasteiger partial charge in [-0.2, -0.15) is 0 Å². The molecule has 0 saturated carbocycles. The van der Waals surface area contributed by atoms with Gasteiger partial charge in [0.2, 0.25) is 0 Å². The summed E-state index contributed by atoms with van der Waals surface area (Å²) in [5.41, 5.74) is -0.0474. The maximum atomic E-state index is 11.4. The number of rotatable bonds is 6. The number of pyridine rings is 1. The summed E-state index contributed by atoms with van der Waals surface area (Å²) < 4.78 is 6.31. The molecule has 16 heavy (non-hydrogen) atoms. The second-order valence-electron chi connectivity index (χ2n) is 3.45. The van der Waals surface area contributed by atoms with Crippen LogP contribution in [0.25, 0.3) is 0 Å². The predicted octanol–water partition coefficient (Wildman–Crippen LogP) is 0.973. The number of hydrogen-bond donors (Lipinski definition) is 1. The SMILES string of the molecule is COCCCCn1cc(C(=O)O)ccc1=O. The van der Waals surface area contributed by atoms with Crippen LogP contribution in [0.2, 0.25) is 0 Å². The van der Waals surface area contributed by atoms with Gasteiger partial charge in [-0.15, -0.1) is 0 Å². The molecule has 1 heterocycles. The van der Waals surface area contributed by atoms with Crippen LogP contribution in [0, 0.1) is 0 Å². The first-order valence-corrected chi connectivity index (χ1v) is 5.08. The molecule has 0 aliphatic rings. The van der Waals surface area contributed by atoms with Gasteiger partial charge >= 0.3 is 5.97 Å².